The van der Waals surface area contributed by atoms with Crippen LogP contribution in [-0.4, -0.2) is 132 Å². The first-order valence-corrected chi connectivity index (χ1v) is 16.8. The predicted molar refractivity (Wildman–Crippen MR) is 171 cm³/mol. The molecule has 20 heteroatoms. The van der Waals surface area contributed by atoms with Crippen molar-refractivity contribution in [2.45, 2.75) is 95.4 Å². The monoisotopic (exact) mass is 784 g/mol. The first-order valence-electron chi connectivity index (χ1n) is 15.7. The van der Waals surface area contributed by atoms with Crippen LogP contribution in [0.25, 0.3) is 10.4 Å². The van der Waals surface area contributed by atoms with E-state index < -0.39 is 110 Å². The van der Waals surface area contributed by atoms with Crippen LogP contribution in [0.2, 0.25) is 0 Å². The molecule has 278 valence electrons. The van der Waals surface area contributed by atoms with Crippen LogP contribution >= 0.6 is 15.9 Å². The van der Waals surface area contributed by atoms with E-state index >= 15 is 0 Å². The highest BCUT2D eigenvalue weighted by Crippen LogP contribution is 2.37. The molecular formula is C31H37BrN4O15. The lowest BCUT2D eigenvalue weighted by atomic mass is 9.93. The molecule has 2 fully saturated rings. The Balaban J connectivity index is 1.79. The average molecular weight is 786 g/mol. The molecular weight excluding hydrogens is 748 g/mol. The number of esters is 4. The van der Waals surface area contributed by atoms with Gasteiger partial charge in [0.25, 0.3) is 11.8 Å². The summed E-state index contributed by atoms with van der Waals surface area (Å²) < 4.78 is 45.5. The maximum Gasteiger partial charge on any atom is 0.303 e. The van der Waals surface area contributed by atoms with E-state index in [-0.39, 0.29) is 17.7 Å². The molecule has 1 aromatic carbocycles. The first kappa shape index (κ1) is 39.6. The van der Waals surface area contributed by atoms with E-state index in [1.54, 1.807) is 12.1 Å². The summed E-state index contributed by atoms with van der Waals surface area (Å²) in [5.41, 5.74) is 9.59. The maximum atomic E-state index is 13.7. The largest absolute Gasteiger partial charge is 0.463 e. The minimum atomic E-state index is -1.85. The molecule has 51 heavy (non-hydrogen) atoms. The fraction of sp³-hybridized carbons (Fsp3) is 0.613. The second-order valence-corrected chi connectivity index (χ2v) is 12.3. The van der Waals surface area contributed by atoms with Gasteiger partial charge in [-0.15, -0.1) is 0 Å². The molecule has 2 amide bonds. The Morgan fingerprint density at radius 1 is 0.863 bits per heavy atom. The third-order valence-electron chi connectivity index (χ3n) is 7.92. The molecule has 1 aromatic rings. The van der Waals surface area contributed by atoms with Crippen molar-refractivity contribution in [3.63, 3.8) is 0 Å². The van der Waals surface area contributed by atoms with E-state index in [0.717, 1.165) is 32.6 Å². The average Bonchev–Trinajstić information content (AvgIpc) is 3.31. The molecule has 1 N–H and O–H groups in total. The van der Waals surface area contributed by atoms with Gasteiger partial charge < -0.3 is 43.0 Å². The first-order chi connectivity index (χ1) is 24.3. The van der Waals surface area contributed by atoms with E-state index in [1.807, 2.05) is 0 Å². The zero-order chi connectivity index (χ0) is 37.4. The van der Waals surface area contributed by atoms with Gasteiger partial charge in [-0.25, -0.2) is 0 Å². The summed E-state index contributed by atoms with van der Waals surface area (Å²) in [5.74, 6) is -4.73. The Morgan fingerprint density at radius 2 is 1.39 bits per heavy atom. The third kappa shape index (κ3) is 9.39. The van der Waals surface area contributed by atoms with E-state index in [2.05, 4.69) is 26.0 Å². The summed E-state index contributed by atoms with van der Waals surface area (Å²) >= 11 is 3.30. The lowest BCUT2D eigenvalue weighted by Gasteiger charge is -2.49. The van der Waals surface area contributed by atoms with Crippen LogP contribution in [0.15, 0.2) is 29.4 Å². The van der Waals surface area contributed by atoms with Crippen molar-refractivity contribution in [1.82, 2.24) is 4.90 Å². The van der Waals surface area contributed by atoms with Crippen molar-refractivity contribution < 1.29 is 71.8 Å². The van der Waals surface area contributed by atoms with Gasteiger partial charge >= 0.3 is 23.9 Å². The fourth-order valence-corrected chi connectivity index (χ4v) is 6.12. The summed E-state index contributed by atoms with van der Waals surface area (Å²) in [6, 6.07) is 2.93. The quantitative estimate of drug-likeness (QED) is 0.0408. The molecule has 0 aromatic heterocycles. The number of hydrogen-bond acceptors (Lipinski definition) is 16. The van der Waals surface area contributed by atoms with E-state index in [4.69, 9.17) is 37.9 Å². The number of azide groups is 1. The predicted octanol–water partition coefficient (Wildman–Crippen LogP) is 1.32. The number of ether oxygens (including phenoxy) is 8. The Hall–Kier alpha value is -4.17. The van der Waals surface area contributed by atoms with Crippen LogP contribution in [0.4, 0.5) is 0 Å². The highest BCUT2D eigenvalue weighted by atomic mass is 79.9. The van der Waals surface area contributed by atoms with Crippen LogP contribution in [0.1, 0.15) is 54.8 Å². The van der Waals surface area contributed by atoms with Crippen LogP contribution < -0.4 is 0 Å². The number of nitrogens with zero attached hydrogens (tertiary/aromatic N) is 4. The molecule has 3 aliphatic heterocycles. The summed E-state index contributed by atoms with van der Waals surface area (Å²) in [4.78, 5) is 78.9. The molecule has 0 bridgehead atoms. The number of imide groups is 1. The highest BCUT2D eigenvalue weighted by Gasteiger charge is 2.57. The SMILES string of the molecule is CC(=O)OC[C@H]1O[C@@H](O[C@H]2[C@H](O)[C@@H](N3C(=O)c4ccccc4C3=O)[C@H](OCCCBr)O[C@@H]2COC(C)=O)[C@H](OC(C)=O)[C@@H](N=[N+]=[N-])[C@H]1OC(C)=O. The molecule has 0 spiro atoms. The number of aliphatic hydroxyl groups excluding tert-OH is 1. The van der Waals surface area contributed by atoms with Crippen molar-refractivity contribution in [2.24, 2.45) is 5.11 Å². The molecule has 4 rings (SSSR count). The zero-order valence-electron chi connectivity index (χ0n) is 27.9. The summed E-state index contributed by atoms with van der Waals surface area (Å²) in [5, 5.41) is 16.3. The molecule has 0 saturated carbocycles. The van der Waals surface area contributed by atoms with Crippen LogP contribution in [0, 0.1) is 0 Å². The highest BCUT2D eigenvalue weighted by molar-refractivity contribution is 9.09. The molecule has 3 aliphatic rings. The Bertz CT molecular complexity index is 1500. The lowest BCUT2D eigenvalue weighted by molar-refractivity contribution is -0.342. The van der Waals surface area contributed by atoms with Gasteiger partial charge in [0, 0.05) is 37.9 Å². The van der Waals surface area contributed by atoms with Crippen LogP contribution in [0.5, 0.6) is 0 Å². The number of benzene rings is 1. The molecule has 0 unspecified atom stereocenters. The van der Waals surface area contributed by atoms with Gasteiger partial charge in [0.15, 0.2) is 18.7 Å². The van der Waals surface area contributed by atoms with Crippen molar-refractivity contribution in [2.75, 3.05) is 25.2 Å². The van der Waals surface area contributed by atoms with Crippen molar-refractivity contribution >= 4 is 51.6 Å². The number of fused-ring (bicyclic) bond motifs is 1. The third-order valence-corrected chi connectivity index (χ3v) is 8.48. The van der Waals surface area contributed by atoms with E-state index in [1.165, 1.54) is 12.1 Å². The molecule has 19 nitrogen and oxygen atoms in total. The van der Waals surface area contributed by atoms with E-state index in [9.17, 15) is 39.4 Å². The normalized spacial score (nSPS) is 30.1. The fourth-order valence-electron chi connectivity index (χ4n) is 5.89. The van der Waals surface area contributed by atoms with Gasteiger partial charge in [-0.3, -0.25) is 33.7 Å². The molecule has 3 heterocycles. The molecule has 2 saturated heterocycles. The second-order valence-electron chi connectivity index (χ2n) is 11.6. The molecule has 0 radical (unpaired) electrons. The van der Waals surface area contributed by atoms with Gasteiger partial charge in [-0.1, -0.05) is 33.2 Å². The Labute approximate surface area is 299 Å². The van der Waals surface area contributed by atoms with Crippen molar-refractivity contribution in [3.05, 3.63) is 45.8 Å². The number of aliphatic hydroxyl groups is 1. The number of rotatable bonds is 14. The van der Waals surface area contributed by atoms with Gasteiger partial charge in [0.05, 0.1) is 17.7 Å². The Morgan fingerprint density at radius 3 is 1.90 bits per heavy atom. The topological polar surface area (TPSA) is 248 Å². The van der Waals surface area contributed by atoms with Gasteiger partial charge in [-0.05, 0) is 24.1 Å². The number of halogens is 1. The summed E-state index contributed by atoms with van der Waals surface area (Å²) in [6.07, 6.45) is -12.2. The summed E-state index contributed by atoms with van der Waals surface area (Å²) in [7, 11) is 0. The number of amides is 2. The Kier molecular flexibility index (Phi) is 13.9. The smallest absolute Gasteiger partial charge is 0.303 e. The minimum Gasteiger partial charge on any atom is -0.463 e. The van der Waals surface area contributed by atoms with Crippen molar-refractivity contribution in [3.8, 4) is 0 Å². The van der Waals surface area contributed by atoms with Crippen molar-refractivity contribution in [1.29, 1.82) is 0 Å². The zero-order valence-corrected chi connectivity index (χ0v) is 29.5. The van der Waals surface area contributed by atoms with Gasteiger partial charge in [0.2, 0.25) is 0 Å². The number of carbonyl (C=O) groups is 6. The number of carbonyl (C=O) groups excluding carboxylic acids is 6. The van der Waals surface area contributed by atoms with Crippen LogP contribution in [0.3, 0.4) is 0 Å². The van der Waals surface area contributed by atoms with E-state index in [0.29, 0.717) is 11.8 Å². The standard InChI is InChI=1S/C31H37BrN4O15/c1-14(37)45-12-20-25(47-16(3)39)22(34-35-33)27(48-17(4)40)31(50-20)51-26-21(13-46-15(2)38)49-30(44-11-7-10-32)23(24(26)41)36-28(42)18-8-5-6-9-19(18)29(36)43/h5-6,8-9,20-27,30-31,41H,7,10-13H2,1-4H3/t20-,21-,22+,23-,24-,25+,26-,27-,30-,31+/m1/s1. The second kappa shape index (κ2) is 17.9. The van der Waals surface area contributed by atoms with Gasteiger partial charge in [-0.2, -0.15) is 0 Å². The lowest BCUT2D eigenvalue weighted by Crippen LogP contribution is -2.68. The minimum absolute atomic E-state index is 0.0532. The van der Waals surface area contributed by atoms with Gasteiger partial charge in [0.1, 0.15) is 55.8 Å². The number of alkyl halides is 1. The maximum absolute atomic E-state index is 13.7. The molecule has 10 atom stereocenters. The van der Waals surface area contributed by atoms with Crippen LogP contribution in [-0.2, 0) is 57.1 Å². The molecule has 0 aliphatic carbocycles. The summed E-state index contributed by atoms with van der Waals surface area (Å²) in [6.45, 7) is 3.28. The number of hydrogen-bond donors (Lipinski definition) is 1.